The second-order valence-corrected chi connectivity index (χ2v) is 8.02. The van der Waals surface area contributed by atoms with E-state index in [1.54, 1.807) is 0 Å². The van der Waals surface area contributed by atoms with Gasteiger partial charge in [0.1, 0.15) is 0 Å². The SMILES string of the molecule is CCCCN(C)c1ccc(C(=O)NC2CCCC(C(=O)NC(C)C)C2)cc1. The minimum atomic E-state index is -0.0484. The maximum atomic E-state index is 12.6. The third-order valence-electron chi connectivity index (χ3n) is 5.23. The summed E-state index contributed by atoms with van der Waals surface area (Å²) in [6.07, 6.45) is 5.87. The van der Waals surface area contributed by atoms with Crippen molar-refractivity contribution in [2.75, 3.05) is 18.5 Å². The van der Waals surface area contributed by atoms with Gasteiger partial charge in [-0.2, -0.15) is 0 Å². The van der Waals surface area contributed by atoms with Crippen LogP contribution in [0.15, 0.2) is 24.3 Å². The smallest absolute Gasteiger partial charge is 0.251 e. The summed E-state index contributed by atoms with van der Waals surface area (Å²) >= 11 is 0. The lowest BCUT2D eigenvalue weighted by Gasteiger charge is -2.29. The van der Waals surface area contributed by atoms with E-state index in [1.165, 1.54) is 6.42 Å². The van der Waals surface area contributed by atoms with Gasteiger partial charge in [0, 0.05) is 42.8 Å². The Labute approximate surface area is 163 Å². The van der Waals surface area contributed by atoms with Crippen molar-refractivity contribution >= 4 is 17.5 Å². The Balaban J connectivity index is 1.89. The van der Waals surface area contributed by atoms with Gasteiger partial charge in [-0.3, -0.25) is 9.59 Å². The Morgan fingerprint density at radius 2 is 1.89 bits per heavy atom. The van der Waals surface area contributed by atoms with Gasteiger partial charge >= 0.3 is 0 Å². The molecule has 150 valence electrons. The number of unbranched alkanes of at least 4 members (excludes halogenated alkanes) is 1. The Morgan fingerprint density at radius 3 is 2.52 bits per heavy atom. The van der Waals surface area contributed by atoms with Crippen LogP contribution in [0.5, 0.6) is 0 Å². The first kappa shape index (κ1) is 21.3. The molecule has 1 aliphatic carbocycles. The van der Waals surface area contributed by atoms with Crippen molar-refractivity contribution < 1.29 is 9.59 Å². The Kier molecular flexibility index (Phi) is 8.14. The van der Waals surface area contributed by atoms with Crippen LogP contribution in [-0.2, 0) is 4.79 Å². The molecule has 2 N–H and O–H groups in total. The molecule has 5 heteroatoms. The lowest BCUT2D eigenvalue weighted by molar-refractivity contribution is -0.126. The molecule has 1 aromatic rings. The van der Waals surface area contributed by atoms with Gasteiger partial charge < -0.3 is 15.5 Å². The van der Waals surface area contributed by atoms with Crippen molar-refractivity contribution in [2.45, 2.75) is 71.4 Å². The maximum Gasteiger partial charge on any atom is 0.251 e. The van der Waals surface area contributed by atoms with Crippen LogP contribution in [0.2, 0.25) is 0 Å². The molecule has 0 radical (unpaired) electrons. The number of carbonyl (C=O) groups excluding carboxylic acids is 2. The fourth-order valence-electron chi connectivity index (χ4n) is 3.62. The van der Waals surface area contributed by atoms with Gasteiger partial charge in [0.25, 0.3) is 5.91 Å². The molecular weight excluding hydrogens is 338 g/mol. The third-order valence-corrected chi connectivity index (χ3v) is 5.23. The summed E-state index contributed by atoms with van der Waals surface area (Å²) in [7, 11) is 2.08. The van der Waals surface area contributed by atoms with Crippen molar-refractivity contribution in [1.29, 1.82) is 0 Å². The zero-order valence-electron chi connectivity index (χ0n) is 17.3. The average Bonchev–Trinajstić information content (AvgIpc) is 2.66. The van der Waals surface area contributed by atoms with Gasteiger partial charge in [0.15, 0.2) is 0 Å². The molecule has 1 aromatic carbocycles. The lowest BCUT2D eigenvalue weighted by atomic mass is 9.85. The van der Waals surface area contributed by atoms with E-state index in [2.05, 4.69) is 29.5 Å². The minimum Gasteiger partial charge on any atom is -0.375 e. The predicted molar refractivity (Wildman–Crippen MR) is 111 cm³/mol. The van der Waals surface area contributed by atoms with Crippen molar-refractivity contribution in [3.8, 4) is 0 Å². The zero-order chi connectivity index (χ0) is 19.8. The third kappa shape index (κ3) is 6.56. The molecule has 2 atom stereocenters. The normalized spacial score (nSPS) is 19.6. The number of carbonyl (C=O) groups is 2. The second-order valence-electron chi connectivity index (χ2n) is 8.02. The fourth-order valence-corrected chi connectivity index (χ4v) is 3.62. The van der Waals surface area contributed by atoms with Crippen LogP contribution in [0.25, 0.3) is 0 Å². The molecule has 2 amide bonds. The van der Waals surface area contributed by atoms with Gasteiger partial charge in [-0.1, -0.05) is 19.8 Å². The molecule has 0 saturated heterocycles. The van der Waals surface area contributed by atoms with Crippen molar-refractivity contribution in [2.24, 2.45) is 5.92 Å². The molecule has 0 heterocycles. The molecule has 1 saturated carbocycles. The summed E-state index contributed by atoms with van der Waals surface area (Å²) in [6, 6.07) is 8.01. The molecule has 1 fully saturated rings. The number of hydrogen-bond donors (Lipinski definition) is 2. The molecule has 1 aliphatic rings. The first-order valence-corrected chi connectivity index (χ1v) is 10.3. The van der Waals surface area contributed by atoms with Crippen molar-refractivity contribution in [3.05, 3.63) is 29.8 Å². The highest BCUT2D eigenvalue weighted by molar-refractivity contribution is 5.94. The van der Waals surface area contributed by atoms with Crippen LogP contribution in [0, 0.1) is 5.92 Å². The van der Waals surface area contributed by atoms with E-state index in [0.717, 1.165) is 44.3 Å². The number of nitrogens with zero attached hydrogens (tertiary/aromatic N) is 1. The van der Waals surface area contributed by atoms with Gasteiger partial charge in [0.2, 0.25) is 5.91 Å². The number of nitrogens with one attached hydrogen (secondary N) is 2. The Bertz CT molecular complexity index is 612. The molecule has 2 unspecified atom stereocenters. The van der Waals surface area contributed by atoms with E-state index < -0.39 is 0 Å². The predicted octanol–water partition coefficient (Wildman–Crippen LogP) is 3.74. The molecule has 0 aliphatic heterocycles. The summed E-state index contributed by atoms with van der Waals surface area (Å²) in [5.41, 5.74) is 1.81. The maximum absolute atomic E-state index is 12.6. The quantitative estimate of drug-likeness (QED) is 0.730. The number of hydrogen-bond acceptors (Lipinski definition) is 3. The van der Waals surface area contributed by atoms with Crippen LogP contribution in [0.4, 0.5) is 5.69 Å². The number of rotatable bonds is 8. The molecule has 0 spiro atoms. The van der Waals surface area contributed by atoms with Crippen LogP contribution in [-0.4, -0.2) is 37.5 Å². The van der Waals surface area contributed by atoms with Crippen molar-refractivity contribution in [3.63, 3.8) is 0 Å². The fraction of sp³-hybridized carbons (Fsp3) is 0.636. The monoisotopic (exact) mass is 373 g/mol. The average molecular weight is 374 g/mol. The summed E-state index contributed by atoms with van der Waals surface area (Å²) in [5, 5.41) is 6.12. The largest absolute Gasteiger partial charge is 0.375 e. The van der Waals surface area contributed by atoms with Crippen LogP contribution >= 0.6 is 0 Å². The van der Waals surface area contributed by atoms with Crippen LogP contribution in [0.3, 0.4) is 0 Å². The number of benzene rings is 1. The Hall–Kier alpha value is -2.04. The highest BCUT2D eigenvalue weighted by atomic mass is 16.2. The van der Waals surface area contributed by atoms with Gasteiger partial charge in [0.05, 0.1) is 0 Å². The highest BCUT2D eigenvalue weighted by Gasteiger charge is 2.28. The summed E-state index contributed by atoms with van der Waals surface area (Å²) < 4.78 is 0. The first-order chi connectivity index (χ1) is 12.9. The summed E-state index contributed by atoms with van der Waals surface area (Å²) in [4.78, 5) is 27.1. The molecule has 0 aromatic heterocycles. The standard InChI is InChI=1S/C22H35N3O2/c1-5-6-14-25(4)20-12-10-17(11-13-20)21(26)24-19-9-7-8-18(15-19)22(27)23-16(2)3/h10-13,16,18-19H,5-9,14-15H2,1-4H3,(H,23,27)(H,24,26). The van der Waals surface area contributed by atoms with E-state index in [0.29, 0.717) is 5.56 Å². The summed E-state index contributed by atoms with van der Waals surface area (Å²) in [6.45, 7) is 7.15. The first-order valence-electron chi connectivity index (χ1n) is 10.3. The van der Waals surface area contributed by atoms with Gasteiger partial charge in [-0.15, -0.1) is 0 Å². The molecule has 5 nitrogen and oxygen atoms in total. The second kappa shape index (κ2) is 10.3. The molecule has 27 heavy (non-hydrogen) atoms. The molecule has 2 rings (SSSR count). The lowest BCUT2D eigenvalue weighted by Crippen LogP contribution is -2.43. The topological polar surface area (TPSA) is 61.4 Å². The van der Waals surface area contributed by atoms with E-state index in [4.69, 9.17) is 0 Å². The van der Waals surface area contributed by atoms with Gasteiger partial charge in [-0.05, 0) is 63.8 Å². The van der Waals surface area contributed by atoms with E-state index in [-0.39, 0.29) is 29.8 Å². The number of amides is 2. The Morgan fingerprint density at radius 1 is 1.19 bits per heavy atom. The summed E-state index contributed by atoms with van der Waals surface area (Å²) in [5.74, 6) is 0.0668. The molecule has 0 bridgehead atoms. The number of anilines is 1. The van der Waals surface area contributed by atoms with Crippen LogP contribution < -0.4 is 15.5 Å². The molecular formula is C22H35N3O2. The van der Waals surface area contributed by atoms with Crippen LogP contribution in [0.1, 0.15) is 69.7 Å². The zero-order valence-corrected chi connectivity index (χ0v) is 17.3. The highest BCUT2D eigenvalue weighted by Crippen LogP contribution is 2.25. The van der Waals surface area contributed by atoms with E-state index >= 15 is 0 Å². The van der Waals surface area contributed by atoms with E-state index in [1.807, 2.05) is 38.1 Å². The van der Waals surface area contributed by atoms with Gasteiger partial charge in [-0.25, -0.2) is 0 Å². The minimum absolute atomic E-state index is 0.000964. The van der Waals surface area contributed by atoms with E-state index in [9.17, 15) is 9.59 Å². The van der Waals surface area contributed by atoms with Crippen molar-refractivity contribution in [1.82, 2.24) is 10.6 Å².